The number of ether oxygens (including phenoxy) is 2. The second kappa shape index (κ2) is 9.12. The zero-order valence-electron chi connectivity index (χ0n) is 19.5. The summed E-state index contributed by atoms with van der Waals surface area (Å²) in [5.74, 6) is -2.62. The number of hydrogen-bond acceptors (Lipinski definition) is 8. The van der Waals surface area contributed by atoms with Crippen molar-refractivity contribution in [3.63, 3.8) is 0 Å². The average molecular weight is 474 g/mol. The Morgan fingerprint density at radius 3 is 2.15 bits per heavy atom. The van der Waals surface area contributed by atoms with E-state index in [1.165, 1.54) is 30.5 Å². The highest BCUT2D eigenvalue weighted by Gasteiger charge is 2.36. The molecule has 0 aliphatic heterocycles. The first-order valence-corrected chi connectivity index (χ1v) is 10.2. The molecule has 0 aliphatic rings. The van der Waals surface area contributed by atoms with Gasteiger partial charge < -0.3 is 9.47 Å². The van der Waals surface area contributed by atoms with Crippen LogP contribution in [0.2, 0.25) is 0 Å². The maximum atomic E-state index is 14.5. The van der Waals surface area contributed by atoms with Crippen molar-refractivity contribution < 1.29 is 27.8 Å². The molecule has 0 N–H and O–H groups in total. The Kier molecular flexibility index (Phi) is 6.62. The molecule has 3 rings (SSSR count). The summed E-state index contributed by atoms with van der Waals surface area (Å²) in [5.41, 5.74) is -2.11. The van der Waals surface area contributed by atoms with Crippen molar-refractivity contribution in [3.05, 3.63) is 48.2 Å². The largest absolute Gasteiger partial charge is 0.443 e. The maximum absolute atomic E-state index is 14.5. The van der Waals surface area contributed by atoms with Crippen LogP contribution in [0.4, 0.5) is 24.2 Å². The Morgan fingerprint density at radius 1 is 0.941 bits per heavy atom. The first kappa shape index (κ1) is 24.7. The minimum Gasteiger partial charge on any atom is -0.443 e. The maximum Gasteiger partial charge on any atom is 0.425 e. The lowest BCUT2D eigenvalue weighted by atomic mass is 10.2. The number of tetrazole rings is 1. The van der Waals surface area contributed by atoms with Crippen molar-refractivity contribution in [3.8, 4) is 17.1 Å². The van der Waals surface area contributed by atoms with Crippen LogP contribution in [0.3, 0.4) is 0 Å². The van der Waals surface area contributed by atoms with Gasteiger partial charge in [-0.2, -0.15) is 9.58 Å². The molecule has 2 heterocycles. The van der Waals surface area contributed by atoms with Gasteiger partial charge in [-0.3, -0.25) is 0 Å². The standard InChI is InChI=1S/C22H24F2N6O4/c1-21(2,3)33-19(31)29(20(32)34-22(4,5)6)17-13(9-8-12-25-17)18-26-27-28-30(18)15-11-7-10-14(23)16(15)24/h7-12H,1-6H3. The third-order valence-corrected chi connectivity index (χ3v) is 4.02. The summed E-state index contributed by atoms with van der Waals surface area (Å²) >= 11 is 0. The van der Waals surface area contributed by atoms with Gasteiger partial charge in [0.2, 0.25) is 0 Å². The third-order valence-electron chi connectivity index (χ3n) is 4.02. The van der Waals surface area contributed by atoms with Crippen molar-refractivity contribution >= 4 is 18.0 Å². The summed E-state index contributed by atoms with van der Waals surface area (Å²) < 4.78 is 40.0. The molecule has 0 atom stereocenters. The van der Waals surface area contributed by atoms with Crippen molar-refractivity contribution in [1.29, 1.82) is 0 Å². The van der Waals surface area contributed by atoms with Gasteiger partial charge in [0, 0.05) is 6.20 Å². The molecule has 0 fully saturated rings. The smallest absolute Gasteiger partial charge is 0.425 e. The normalized spacial score (nSPS) is 11.8. The molecule has 180 valence electrons. The predicted octanol–water partition coefficient (Wildman–Crippen LogP) is 4.68. The lowest BCUT2D eigenvalue weighted by Gasteiger charge is -2.28. The summed E-state index contributed by atoms with van der Waals surface area (Å²) in [4.78, 5) is 30.9. The molecule has 2 amide bonds. The summed E-state index contributed by atoms with van der Waals surface area (Å²) in [6.07, 6.45) is -0.785. The van der Waals surface area contributed by atoms with Crippen LogP contribution >= 0.6 is 0 Å². The van der Waals surface area contributed by atoms with Crippen molar-refractivity contribution in [2.24, 2.45) is 0 Å². The van der Waals surface area contributed by atoms with Crippen LogP contribution in [0.5, 0.6) is 0 Å². The van der Waals surface area contributed by atoms with E-state index in [2.05, 4.69) is 20.5 Å². The van der Waals surface area contributed by atoms with E-state index >= 15 is 0 Å². The van der Waals surface area contributed by atoms with Crippen molar-refractivity contribution in [1.82, 2.24) is 25.2 Å². The molecule has 0 radical (unpaired) electrons. The van der Waals surface area contributed by atoms with E-state index in [1.807, 2.05) is 0 Å². The highest BCUT2D eigenvalue weighted by Crippen LogP contribution is 2.31. The van der Waals surface area contributed by atoms with Gasteiger partial charge in [-0.05, 0) is 76.2 Å². The molecule has 0 unspecified atom stereocenters. The summed E-state index contributed by atoms with van der Waals surface area (Å²) in [6.45, 7) is 9.78. The van der Waals surface area contributed by atoms with Gasteiger partial charge in [0.1, 0.15) is 16.9 Å². The number of benzene rings is 1. The van der Waals surface area contributed by atoms with Crippen LogP contribution < -0.4 is 4.90 Å². The van der Waals surface area contributed by atoms with E-state index in [9.17, 15) is 18.4 Å². The van der Waals surface area contributed by atoms with Crippen LogP contribution in [-0.4, -0.2) is 48.6 Å². The van der Waals surface area contributed by atoms with E-state index in [4.69, 9.17) is 9.47 Å². The molecule has 34 heavy (non-hydrogen) atoms. The van der Waals surface area contributed by atoms with E-state index in [-0.39, 0.29) is 22.9 Å². The van der Waals surface area contributed by atoms with Crippen molar-refractivity contribution in [2.45, 2.75) is 52.7 Å². The predicted molar refractivity (Wildman–Crippen MR) is 117 cm³/mol. The molecule has 0 saturated heterocycles. The van der Waals surface area contributed by atoms with Gasteiger partial charge in [-0.25, -0.2) is 23.4 Å². The molecule has 0 saturated carbocycles. The summed E-state index contributed by atoms with van der Waals surface area (Å²) in [6, 6.07) is 6.47. The average Bonchev–Trinajstić information content (AvgIpc) is 3.17. The Morgan fingerprint density at radius 2 is 1.56 bits per heavy atom. The summed E-state index contributed by atoms with van der Waals surface area (Å²) in [7, 11) is 0. The second-order valence-electron chi connectivity index (χ2n) is 9.16. The number of rotatable bonds is 3. The number of imide groups is 1. The topological polar surface area (TPSA) is 112 Å². The minimum absolute atomic E-state index is 0.0629. The zero-order valence-corrected chi connectivity index (χ0v) is 19.5. The van der Waals surface area contributed by atoms with Gasteiger partial charge in [-0.1, -0.05) is 6.07 Å². The molecular formula is C22H24F2N6O4. The first-order chi connectivity index (χ1) is 15.8. The Labute approximate surface area is 194 Å². The number of carbonyl (C=O) groups is 2. The first-order valence-electron chi connectivity index (χ1n) is 10.2. The lowest BCUT2D eigenvalue weighted by Crippen LogP contribution is -2.44. The Hall–Kier alpha value is -3.96. The molecule has 3 aromatic rings. The highest BCUT2D eigenvalue weighted by atomic mass is 19.2. The number of hydrogen-bond donors (Lipinski definition) is 0. The number of nitrogens with zero attached hydrogens (tertiary/aromatic N) is 6. The molecular weight excluding hydrogens is 450 g/mol. The number of aromatic nitrogens is 5. The third kappa shape index (κ3) is 5.50. The second-order valence-corrected chi connectivity index (χ2v) is 9.16. The Balaban J connectivity index is 2.18. The van der Waals surface area contributed by atoms with E-state index in [1.54, 1.807) is 41.5 Å². The molecule has 2 aromatic heterocycles. The fourth-order valence-electron chi connectivity index (χ4n) is 2.79. The Bertz CT molecular complexity index is 1190. The van der Waals surface area contributed by atoms with Gasteiger partial charge in [0.15, 0.2) is 23.3 Å². The molecule has 0 aliphatic carbocycles. The van der Waals surface area contributed by atoms with Crippen LogP contribution in [-0.2, 0) is 9.47 Å². The fourth-order valence-corrected chi connectivity index (χ4v) is 2.79. The molecule has 1 aromatic carbocycles. The van der Waals surface area contributed by atoms with Crippen LogP contribution in [0.1, 0.15) is 41.5 Å². The highest BCUT2D eigenvalue weighted by molar-refractivity contribution is 6.10. The van der Waals surface area contributed by atoms with Gasteiger partial charge >= 0.3 is 12.2 Å². The molecule has 0 bridgehead atoms. The molecule has 12 heteroatoms. The minimum atomic E-state index is -1.18. The van der Waals surface area contributed by atoms with E-state index < -0.39 is 35.0 Å². The van der Waals surface area contributed by atoms with E-state index in [0.717, 1.165) is 10.7 Å². The SMILES string of the molecule is CC(C)(C)OC(=O)N(C(=O)OC(C)(C)C)c1ncccc1-c1nnnn1-c1cccc(F)c1F. The number of amides is 2. The van der Waals surface area contributed by atoms with Gasteiger partial charge in [0.05, 0.1) is 5.56 Å². The van der Waals surface area contributed by atoms with Crippen LogP contribution in [0, 0.1) is 11.6 Å². The molecule has 10 nitrogen and oxygen atoms in total. The monoisotopic (exact) mass is 474 g/mol. The fraction of sp³-hybridized carbons (Fsp3) is 0.364. The zero-order chi connectivity index (χ0) is 25.3. The summed E-state index contributed by atoms with van der Waals surface area (Å²) in [5, 5.41) is 11.2. The number of anilines is 1. The quantitative estimate of drug-likeness (QED) is 0.538. The van der Waals surface area contributed by atoms with Crippen LogP contribution in [0.15, 0.2) is 36.5 Å². The number of pyridine rings is 1. The number of halogens is 2. The van der Waals surface area contributed by atoms with Crippen molar-refractivity contribution in [2.75, 3.05) is 4.90 Å². The number of carbonyl (C=O) groups excluding carboxylic acids is 2. The van der Waals surface area contributed by atoms with Gasteiger partial charge in [0.25, 0.3) is 0 Å². The van der Waals surface area contributed by atoms with Crippen LogP contribution in [0.25, 0.3) is 17.1 Å². The molecule has 0 spiro atoms. The lowest BCUT2D eigenvalue weighted by molar-refractivity contribution is 0.0429. The van der Waals surface area contributed by atoms with E-state index in [0.29, 0.717) is 4.90 Å². The van der Waals surface area contributed by atoms with Gasteiger partial charge in [-0.15, -0.1) is 5.10 Å².